The van der Waals surface area contributed by atoms with Crippen molar-refractivity contribution in [2.24, 2.45) is 13.0 Å². The van der Waals surface area contributed by atoms with E-state index in [1.165, 1.54) is 33.6 Å². The summed E-state index contributed by atoms with van der Waals surface area (Å²) in [4.78, 5) is 0. The molecule has 2 aliphatic rings. The van der Waals surface area contributed by atoms with Gasteiger partial charge in [0.05, 0.1) is 17.6 Å². The summed E-state index contributed by atoms with van der Waals surface area (Å²) in [7, 11) is 2.09. The van der Waals surface area contributed by atoms with Crippen LogP contribution in [0.1, 0.15) is 47.4 Å². The minimum Gasteiger partial charge on any atom is -0.361 e. The van der Waals surface area contributed by atoms with Gasteiger partial charge in [0.2, 0.25) is 0 Å². The van der Waals surface area contributed by atoms with Crippen molar-refractivity contribution < 1.29 is 4.52 Å². The Morgan fingerprint density at radius 2 is 1.77 bits per heavy atom. The predicted molar refractivity (Wildman–Crippen MR) is 116 cm³/mol. The van der Waals surface area contributed by atoms with Crippen molar-refractivity contribution >= 4 is 0 Å². The van der Waals surface area contributed by atoms with E-state index >= 15 is 0 Å². The molecule has 0 amide bonds. The highest BCUT2D eigenvalue weighted by Crippen LogP contribution is 2.57. The first kappa shape index (κ1) is 17.7. The lowest BCUT2D eigenvalue weighted by Gasteiger charge is -2.48. The van der Waals surface area contributed by atoms with E-state index in [2.05, 4.69) is 84.5 Å². The summed E-state index contributed by atoms with van der Waals surface area (Å²) in [5, 5.41) is 9.38. The first-order chi connectivity index (χ1) is 14.7. The van der Waals surface area contributed by atoms with Crippen LogP contribution in [0.3, 0.4) is 0 Å². The summed E-state index contributed by atoms with van der Waals surface area (Å²) in [6.07, 6.45) is 4.97. The van der Waals surface area contributed by atoms with Gasteiger partial charge in [0.25, 0.3) is 0 Å². The lowest BCUT2D eigenvalue weighted by Crippen LogP contribution is -2.47. The summed E-state index contributed by atoms with van der Waals surface area (Å²) in [6.45, 7) is 2.30. The van der Waals surface area contributed by atoms with Gasteiger partial charge in [0.1, 0.15) is 5.76 Å². The number of aryl methyl sites for hydroxylation is 1. The molecule has 0 aliphatic heterocycles. The number of hydrogen-bond donors (Lipinski definition) is 0. The monoisotopic (exact) mass is 395 g/mol. The highest BCUT2D eigenvalue weighted by Gasteiger charge is 2.54. The molecule has 0 spiro atoms. The second-order valence-electron chi connectivity index (χ2n) is 8.83. The average Bonchev–Trinajstić information content (AvgIpc) is 3.39. The second-order valence-corrected chi connectivity index (χ2v) is 8.83. The average molecular weight is 396 g/mol. The number of benzene rings is 2. The molecule has 2 aliphatic carbocycles. The lowest BCUT2D eigenvalue weighted by atomic mass is 9.53. The maximum atomic E-state index is 5.71. The molecule has 2 aromatic heterocycles. The molecular formula is C26H25N3O. The molecule has 2 aromatic carbocycles. The molecule has 3 atom stereocenters. The van der Waals surface area contributed by atoms with Gasteiger partial charge in [0, 0.05) is 35.1 Å². The van der Waals surface area contributed by atoms with Crippen LogP contribution in [-0.2, 0) is 25.3 Å². The third kappa shape index (κ3) is 2.28. The third-order valence-corrected chi connectivity index (χ3v) is 7.40. The maximum absolute atomic E-state index is 5.71. The predicted octanol–water partition coefficient (Wildman–Crippen LogP) is 5.28. The van der Waals surface area contributed by atoms with Gasteiger partial charge >= 0.3 is 0 Å². The zero-order valence-corrected chi connectivity index (χ0v) is 17.4. The molecule has 0 bridgehead atoms. The molecule has 150 valence electrons. The van der Waals surface area contributed by atoms with Crippen LogP contribution in [0, 0.1) is 5.92 Å². The third-order valence-electron chi connectivity index (χ3n) is 7.40. The second kappa shape index (κ2) is 6.43. The van der Waals surface area contributed by atoms with Gasteiger partial charge in [-0.25, -0.2) is 0 Å². The van der Waals surface area contributed by atoms with Crippen LogP contribution in [0.15, 0.2) is 71.4 Å². The van der Waals surface area contributed by atoms with E-state index in [9.17, 15) is 0 Å². The molecule has 0 N–H and O–H groups in total. The van der Waals surface area contributed by atoms with Crippen LogP contribution in [-0.4, -0.2) is 14.9 Å². The molecule has 4 nitrogen and oxygen atoms in total. The maximum Gasteiger partial charge on any atom is 0.143 e. The van der Waals surface area contributed by atoms with Crippen molar-refractivity contribution in [1.82, 2.24) is 14.9 Å². The highest BCUT2D eigenvalue weighted by molar-refractivity contribution is 5.67. The van der Waals surface area contributed by atoms with Gasteiger partial charge in [-0.05, 0) is 30.7 Å². The van der Waals surface area contributed by atoms with E-state index < -0.39 is 0 Å². The van der Waals surface area contributed by atoms with E-state index in [-0.39, 0.29) is 5.41 Å². The Morgan fingerprint density at radius 1 is 1.03 bits per heavy atom. The van der Waals surface area contributed by atoms with Crippen molar-refractivity contribution in [3.05, 3.63) is 95.0 Å². The molecule has 0 fully saturated rings. The fourth-order valence-corrected chi connectivity index (χ4v) is 6.18. The Labute approximate surface area is 176 Å². The van der Waals surface area contributed by atoms with E-state index in [1.54, 1.807) is 0 Å². The van der Waals surface area contributed by atoms with Gasteiger partial charge in [0.15, 0.2) is 0 Å². The van der Waals surface area contributed by atoms with Gasteiger partial charge in [-0.15, -0.1) is 0 Å². The summed E-state index contributed by atoms with van der Waals surface area (Å²) in [5.41, 5.74) is 7.56. The molecule has 0 radical (unpaired) electrons. The first-order valence-electron chi connectivity index (χ1n) is 10.8. The van der Waals surface area contributed by atoms with E-state index in [0.717, 1.165) is 25.0 Å². The van der Waals surface area contributed by atoms with E-state index in [4.69, 9.17) is 9.62 Å². The van der Waals surface area contributed by atoms with E-state index in [0.29, 0.717) is 11.8 Å². The standard InChI is InChI=1S/C26H25N3O/c1-17-22-14-13-21-23(18-9-5-3-6-10-18)29(2)28-25(21)26(22,20-11-7-4-8-12-20)15-19-16-27-30-24(17)19/h3-12,16-17,22H,13-15H2,1-2H3/t17-,22-,26+/m0/s1. The van der Waals surface area contributed by atoms with Crippen LogP contribution >= 0.6 is 0 Å². The van der Waals surface area contributed by atoms with Crippen molar-refractivity contribution in [3.63, 3.8) is 0 Å². The topological polar surface area (TPSA) is 43.9 Å². The molecule has 30 heavy (non-hydrogen) atoms. The first-order valence-corrected chi connectivity index (χ1v) is 10.8. The van der Waals surface area contributed by atoms with Crippen LogP contribution in [0.5, 0.6) is 0 Å². The van der Waals surface area contributed by atoms with Crippen LogP contribution in [0.25, 0.3) is 11.3 Å². The fraction of sp³-hybridized carbons (Fsp3) is 0.308. The van der Waals surface area contributed by atoms with Crippen LogP contribution in [0.2, 0.25) is 0 Å². The van der Waals surface area contributed by atoms with Crippen molar-refractivity contribution in [2.45, 2.75) is 37.5 Å². The van der Waals surface area contributed by atoms with Crippen molar-refractivity contribution in [3.8, 4) is 11.3 Å². The molecule has 6 rings (SSSR count). The Morgan fingerprint density at radius 3 is 2.53 bits per heavy atom. The number of aromatic nitrogens is 3. The van der Waals surface area contributed by atoms with Gasteiger partial charge in [-0.1, -0.05) is 72.7 Å². The molecule has 4 heteroatoms. The molecular weight excluding hydrogens is 370 g/mol. The highest BCUT2D eigenvalue weighted by atomic mass is 16.5. The van der Waals surface area contributed by atoms with E-state index in [1.807, 2.05) is 6.20 Å². The Bertz CT molecular complexity index is 1210. The minimum atomic E-state index is -0.155. The molecule has 4 aromatic rings. The fourth-order valence-electron chi connectivity index (χ4n) is 6.18. The SMILES string of the molecule is C[C@@H]1c2oncc2C[C@]2(c3ccccc3)c3nn(C)c(-c4ccccc4)c3CC[C@@H]12. The van der Waals surface area contributed by atoms with Crippen molar-refractivity contribution in [1.29, 1.82) is 0 Å². The Kier molecular flexibility index (Phi) is 3.79. The normalized spacial score (nSPS) is 24.7. The number of rotatable bonds is 2. The zero-order chi connectivity index (χ0) is 20.3. The lowest BCUT2D eigenvalue weighted by molar-refractivity contribution is 0.189. The minimum absolute atomic E-state index is 0.155. The number of nitrogens with zero attached hydrogens (tertiary/aromatic N) is 3. The van der Waals surface area contributed by atoms with Gasteiger partial charge in [-0.3, -0.25) is 4.68 Å². The molecule has 0 unspecified atom stereocenters. The largest absolute Gasteiger partial charge is 0.361 e. The summed E-state index contributed by atoms with van der Waals surface area (Å²) in [5.74, 6) is 1.81. The van der Waals surface area contributed by atoms with Crippen LogP contribution < -0.4 is 0 Å². The van der Waals surface area contributed by atoms with Crippen LogP contribution in [0.4, 0.5) is 0 Å². The molecule has 2 heterocycles. The summed E-state index contributed by atoms with van der Waals surface area (Å²) in [6, 6.07) is 21.7. The summed E-state index contributed by atoms with van der Waals surface area (Å²) < 4.78 is 7.81. The Balaban J connectivity index is 1.65. The number of hydrogen-bond acceptors (Lipinski definition) is 3. The van der Waals surface area contributed by atoms with Gasteiger partial charge < -0.3 is 4.52 Å². The Hall–Kier alpha value is -3.14. The number of fused-ring (bicyclic) bond motifs is 4. The summed E-state index contributed by atoms with van der Waals surface area (Å²) >= 11 is 0. The quantitative estimate of drug-likeness (QED) is 0.464. The molecule has 0 saturated carbocycles. The van der Waals surface area contributed by atoms with Gasteiger partial charge in [-0.2, -0.15) is 5.10 Å². The zero-order valence-electron chi connectivity index (χ0n) is 17.4. The molecule has 0 saturated heterocycles. The van der Waals surface area contributed by atoms with Crippen molar-refractivity contribution in [2.75, 3.05) is 0 Å². The smallest absolute Gasteiger partial charge is 0.143 e.